The third-order valence-electron chi connectivity index (χ3n) is 3.66. The Morgan fingerprint density at radius 2 is 1.73 bits per heavy atom. The average molecular weight is 411 g/mol. The van der Waals surface area contributed by atoms with Gasteiger partial charge in [-0.15, -0.1) is 0 Å². The Hall–Kier alpha value is -3.31. The molecule has 0 aromatic heterocycles. The number of hydrogen-bond acceptors (Lipinski definition) is 5. The third kappa shape index (κ3) is 3.53. The van der Waals surface area contributed by atoms with E-state index in [2.05, 4.69) is 26.2 Å². The van der Waals surface area contributed by atoms with E-state index in [9.17, 15) is 14.4 Å². The van der Waals surface area contributed by atoms with Gasteiger partial charge in [-0.3, -0.25) is 19.9 Å². The SMILES string of the molecule is N#Cc1ccc(N=C[C@H]2C(=O)NC(=O)N(c3ccc(Br)cc3)C2=O)cc1. The topological polar surface area (TPSA) is 103 Å². The van der Waals surface area contributed by atoms with Crippen LogP contribution in [0.4, 0.5) is 16.2 Å². The smallest absolute Gasteiger partial charge is 0.276 e. The molecule has 128 valence electrons. The van der Waals surface area contributed by atoms with Crippen molar-refractivity contribution in [2.75, 3.05) is 4.90 Å². The van der Waals surface area contributed by atoms with Gasteiger partial charge < -0.3 is 0 Å². The highest BCUT2D eigenvalue weighted by molar-refractivity contribution is 9.10. The minimum absolute atomic E-state index is 0.347. The number of barbiturate groups is 1. The first-order valence-corrected chi connectivity index (χ1v) is 8.27. The Bertz CT molecular complexity index is 946. The highest BCUT2D eigenvalue weighted by Crippen LogP contribution is 2.23. The molecule has 2 aromatic carbocycles. The van der Waals surface area contributed by atoms with Crippen LogP contribution < -0.4 is 10.2 Å². The third-order valence-corrected chi connectivity index (χ3v) is 4.18. The first kappa shape index (κ1) is 17.5. The molecule has 0 radical (unpaired) electrons. The molecule has 0 saturated carbocycles. The number of amides is 4. The lowest BCUT2D eigenvalue weighted by Crippen LogP contribution is -2.58. The van der Waals surface area contributed by atoms with Crippen LogP contribution in [0, 0.1) is 17.2 Å². The zero-order valence-electron chi connectivity index (χ0n) is 13.2. The van der Waals surface area contributed by atoms with Gasteiger partial charge in [-0.05, 0) is 48.5 Å². The van der Waals surface area contributed by atoms with Crippen molar-refractivity contribution in [2.24, 2.45) is 10.9 Å². The zero-order chi connectivity index (χ0) is 18.7. The van der Waals surface area contributed by atoms with Gasteiger partial charge in [-0.1, -0.05) is 15.9 Å². The number of benzene rings is 2. The van der Waals surface area contributed by atoms with Crippen molar-refractivity contribution in [3.8, 4) is 6.07 Å². The largest absolute Gasteiger partial charge is 0.335 e. The predicted octanol–water partition coefficient (Wildman–Crippen LogP) is 2.92. The molecule has 2 aromatic rings. The molecule has 0 aliphatic carbocycles. The lowest BCUT2D eigenvalue weighted by molar-refractivity contribution is -0.131. The fourth-order valence-corrected chi connectivity index (χ4v) is 2.60. The second kappa shape index (κ2) is 7.29. The normalized spacial score (nSPS) is 17.3. The van der Waals surface area contributed by atoms with Gasteiger partial charge in [0.2, 0.25) is 5.91 Å². The molecule has 8 heteroatoms. The van der Waals surface area contributed by atoms with Gasteiger partial charge in [0.15, 0.2) is 5.92 Å². The average Bonchev–Trinajstić information content (AvgIpc) is 2.63. The number of aliphatic imine (C=N–C) groups is 1. The van der Waals surface area contributed by atoms with Crippen molar-refractivity contribution in [1.82, 2.24) is 5.32 Å². The fraction of sp³-hybridized carbons (Fsp3) is 0.0556. The van der Waals surface area contributed by atoms with Crippen molar-refractivity contribution < 1.29 is 14.4 Å². The van der Waals surface area contributed by atoms with Crippen molar-refractivity contribution in [3.05, 3.63) is 58.6 Å². The van der Waals surface area contributed by atoms with Crippen LogP contribution in [0.5, 0.6) is 0 Å². The molecule has 0 bridgehead atoms. The van der Waals surface area contributed by atoms with Crippen molar-refractivity contribution >= 4 is 51.4 Å². The molecule has 1 N–H and O–H groups in total. The summed E-state index contributed by atoms with van der Waals surface area (Å²) in [5.74, 6) is -2.64. The number of hydrogen-bond donors (Lipinski definition) is 1. The molecule has 1 heterocycles. The molecule has 1 aliphatic rings. The Morgan fingerprint density at radius 3 is 2.35 bits per heavy atom. The minimum Gasteiger partial charge on any atom is -0.276 e. The van der Waals surface area contributed by atoms with Crippen molar-refractivity contribution in [1.29, 1.82) is 5.26 Å². The van der Waals surface area contributed by atoms with Crippen LogP contribution in [0.2, 0.25) is 0 Å². The predicted molar refractivity (Wildman–Crippen MR) is 98.0 cm³/mol. The van der Waals surface area contributed by atoms with Crippen molar-refractivity contribution in [2.45, 2.75) is 0 Å². The molecule has 26 heavy (non-hydrogen) atoms. The Balaban J connectivity index is 1.86. The Labute approximate surface area is 157 Å². The van der Waals surface area contributed by atoms with Crippen LogP contribution in [0.15, 0.2) is 58.0 Å². The first-order chi connectivity index (χ1) is 12.5. The van der Waals surface area contributed by atoms with E-state index >= 15 is 0 Å². The Morgan fingerprint density at radius 1 is 1.08 bits per heavy atom. The molecule has 1 fully saturated rings. The summed E-state index contributed by atoms with van der Waals surface area (Å²) >= 11 is 3.28. The molecule has 0 unspecified atom stereocenters. The molecule has 1 aliphatic heterocycles. The summed E-state index contributed by atoms with van der Waals surface area (Å²) in [6, 6.07) is 14.1. The monoisotopic (exact) mass is 410 g/mol. The highest BCUT2D eigenvalue weighted by atomic mass is 79.9. The van der Waals surface area contributed by atoms with E-state index in [4.69, 9.17) is 5.26 Å². The molecule has 0 spiro atoms. The summed E-state index contributed by atoms with van der Waals surface area (Å²) in [5, 5.41) is 10.9. The fourth-order valence-electron chi connectivity index (χ4n) is 2.34. The van der Waals surface area contributed by atoms with Gasteiger partial charge in [-0.25, -0.2) is 9.69 Å². The summed E-state index contributed by atoms with van der Waals surface area (Å²) in [6.45, 7) is 0. The molecular weight excluding hydrogens is 400 g/mol. The number of rotatable bonds is 3. The lowest BCUT2D eigenvalue weighted by Gasteiger charge is -2.28. The van der Waals surface area contributed by atoms with E-state index in [-0.39, 0.29) is 0 Å². The Kier molecular flexibility index (Phi) is 4.91. The molecule has 3 rings (SSSR count). The molecule has 7 nitrogen and oxygen atoms in total. The van der Waals surface area contributed by atoms with Gasteiger partial charge in [0.1, 0.15) is 0 Å². The van der Waals surface area contributed by atoms with Crippen LogP contribution in [-0.2, 0) is 9.59 Å². The van der Waals surface area contributed by atoms with Crippen LogP contribution in [0.25, 0.3) is 0 Å². The van der Waals surface area contributed by atoms with E-state index in [0.29, 0.717) is 16.9 Å². The van der Waals surface area contributed by atoms with Crippen LogP contribution in [-0.4, -0.2) is 24.1 Å². The van der Waals surface area contributed by atoms with Gasteiger partial charge in [0, 0.05) is 10.7 Å². The van der Waals surface area contributed by atoms with Crippen molar-refractivity contribution in [3.63, 3.8) is 0 Å². The number of nitrogens with one attached hydrogen (secondary N) is 1. The number of nitriles is 1. The molecule has 1 atom stereocenters. The van der Waals surface area contributed by atoms with Gasteiger partial charge in [0.05, 0.1) is 23.0 Å². The molecular formula is C18H11BrN4O3. The summed E-state index contributed by atoms with van der Waals surface area (Å²) in [4.78, 5) is 41.8. The van der Waals surface area contributed by atoms with Gasteiger partial charge in [-0.2, -0.15) is 5.26 Å². The highest BCUT2D eigenvalue weighted by Gasteiger charge is 2.40. The number of nitrogens with zero attached hydrogens (tertiary/aromatic N) is 3. The number of imide groups is 2. The number of urea groups is 1. The first-order valence-electron chi connectivity index (χ1n) is 7.48. The number of halogens is 1. The number of carbonyl (C=O) groups excluding carboxylic acids is 3. The van der Waals surface area contributed by atoms with E-state index in [1.165, 1.54) is 6.21 Å². The quantitative estimate of drug-likeness (QED) is 0.620. The number of carbonyl (C=O) groups is 3. The summed E-state index contributed by atoms with van der Waals surface area (Å²) in [5.41, 5.74) is 1.30. The molecule has 1 saturated heterocycles. The summed E-state index contributed by atoms with van der Waals surface area (Å²) < 4.78 is 0.793. The minimum atomic E-state index is -1.23. The molecule has 4 amide bonds. The van der Waals surface area contributed by atoms with E-state index in [1.54, 1.807) is 48.5 Å². The summed E-state index contributed by atoms with van der Waals surface area (Å²) in [6.07, 6.45) is 1.19. The second-order valence-electron chi connectivity index (χ2n) is 5.36. The van der Waals surface area contributed by atoms with Gasteiger partial charge >= 0.3 is 6.03 Å². The lowest BCUT2D eigenvalue weighted by atomic mass is 10.1. The zero-order valence-corrected chi connectivity index (χ0v) is 14.8. The van der Waals surface area contributed by atoms with E-state index in [0.717, 1.165) is 9.37 Å². The van der Waals surface area contributed by atoms with Gasteiger partial charge in [0.25, 0.3) is 5.91 Å². The van der Waals surface area contributed by atoms with E-state index in [1.807, 2.05) is 6.07 Å². The maximum atomic E-state index is 12.7. The van der Waals surface area contributed by atoms with E-state index < -0.39 is 23.8 Å². The van der Waals surface area contributed by atoms with Crippen LogP contribution in [0.3, 0.4) is 0 Å². The maximum Gasteiger partial charge on any atom is 0.335 e. The van der Waals surface area contributed by atoms with Crippen LogP contribution in [0.1, 0.15) is 5.56 Å². The van der Waals surface area contributed by atoms with Crippen LogP contribution >= 0.6 is 15.9 Å². The summed E-state index contributed by atoms with van der Waals surface area (Å²) in [7, 11) is 0. The second-order valence-corrected chi connectivity index (χ2v) is 6.27. The maximum absolute atomic E-state index is 12.7. The standard InChI is InChI=1S/C18H11BrN4O3/c19-12-3-7-14(8-4-12)23-17(25)15(16(24)22-18(23)26)10-21-13-5-1-11(9-20)2-6-13/h1-8,10,15H,(H,22,24,26)/t15-/m0/s1. The number of anilines is 1.